The Bertz CT molecular complexity index is 246. The molecule has 0 aliphatic heterocycles. The molecule has 0 aromatic carbocycles. The van der Waals surface area contributed by atoms with Gasteiger partial charge in [0.05, 0.1) is 6.10 Å². The van der Waals surface area contributed by atoms with Crippen molar-refractivity contribution in [3.8, 4) is 0 Å². The number of hydrogen-bond donors (Lipinski definition) is 0. The molecule has 0 aromatic heterocycles. The summed E-state index contributed by atoms with van der Waals surface area (Å²) in [5.41, 5.74) is 0. The second-order valence-corrected chi connectivity index (χ2v) is 5.21. The molecule has 0 spiro atoms. The van der Waals surface area contributed by atoms with Crippen molar-refractivity contribution in [2.24, 2.45) is 5.92 Å². The molecule has 106 valence electrons. The third kappa shape index (κ3) is 8.26. The van der Waals surface area contributed by atoms with Crippen molar-refractivity contribution in [2.75, 3.05) is 0 Å². The second-order valence-electron chi connectivity index (χ2n) is 5.21. The summed E-state index contributed by atoms with van der Waals surface area (Å²) >= 11 is 0. The second kappa shape index (κ2) is 10.1. The SMILES string of the molecule is CCCCCCCCC(C(C)=O)C(=O)OC(C)C. The number of rotatable bonds is 10. The summed E-state index contributed by atoms with van der Waals surface area (Å²) in [6.07, 6.45) is 7.45. The van der Waals surface area contributed by atoms with Gasteiger partial charge in [-0.3, -0.25) is 9.59 Å². The standard InChI is InChI=1S/C15H28O3/c1-5-6-7-8-9-10-11-14(13(4)16)15(17)18-12(2)3/h12,14H,5-11H2,1-4H3. The predicted octanol–water partition coefficient (Wildman–Crippen LogP) is 3.89. The van der Waals surface area contributed by atoms with E-state index in [2.05, 4.69) is 6.92 Å². The minimum atomic E-state index is -0.557. The molecule has 0 amide bonds. The van der Waals surface area contributed by atoms with Crippen LogP contribution in [0.2, 0.25) is 0 Å². The molecule has 0 saturated carbocycles. The lowest BCUT2D eigenvalue weighted by Crippen LogP contribution is -2.26. The number of ether oxygens (including phenoxy) is 1. The summed E-state index contributed by atoms with van der Waals surface area (Å²) in [7, 11) is 0. The molecule has 0 saturated heterocycles. The minimum absolute atomic E-state index is 0.0748. The fraction of sp³-hybridized carbons (Fsp3) is 0.867. The first-order chi connectivity index (χ1) is 8.49. The van der Waals surface area contributed by atoms with Crippen LogP contribution in [0, 0.1) is 5.92 Å². The van der Waals surface area contributed by atoms with Gasteiger partial charge >= 0.3 is 5.97 Å². The maximum Gasteiger partial charge on any atom is 0.316 e. The van der Waals surface area contributed by atoms with E-state index < -0.39 is 5.92 Å². The molecule has 0 aliphatic rings. The van der Waals surface area contributed by atoms with E-state index in [1.807, 2.05) is 0 Å². The molecule has 0 aromatic rings. The Hall–Kier alpha value is -0.860. The van der Waals surface area contributed by atoms with Gasteiger partial charge in [0.15, 0.2) is 0 Å². The highest BCUT2D eigenvalue weighted by atomic mass is 16.5. The Balaban J connectivity index is 3.91. The van der Waals surface area contributed by atoms with E-state index in [-0.39, 0.29) is 17.9 Å². The molecule has 0 heterocycles. The highest BCUT2D eigenvalue weighted by Crippen LogP contribution is 2.15. The monoisotopic (exact) mass is 256 g/mol. The van der Waals surface area contributed by atoms with Gasteiger partial charge in [0.2, 0.25) is 0 Å². The highest BCUT2D eigenvalue weighted by molar-refractivity contribution is 5.97. The predicted molar refractivity (Wildman–Crippen MR) is 73.4 cm³/mol. The third-order valence-electron chi connectivity index (χ3n) is 2.97. The van der Waals surface area contributed by atoms with Crippen molar-refractivity contribution in [3.05, 3.63) is 0 Å². The maximum absolute atomic E-state index is 11.7. The number of hydrogen-bond acceptors (Lipinski definition) is 3. The van der Waals surface area contributed by atoms with Crippen LogP contribution in [-0.2, 0) is 14.3 Å². The lowest BCUT2D eigenvalue weighted by molar-refractivity contribution is -0.155. The van der Waals surface area contributed by atoms with Crippen LogP contribution in [0.5, 0.6) is 0 Å². The smallest absolute Gasteiger partial charge is 0.316 e. The summed E-state index contributed by atoms with van der Waals surface area (Å²) in [5, 5.41) is 0. The Labute approximate surface area is 111 Å². The zero-order valence-corrected chi connectivity index (χ0v) is 12.3. The molecule has 0 bridgehead atoms. The molecule has 1 unspecified atom stereocenters. The first-order valence-electron chi connectivity index (χ1n) is 7.20. The van der Waals surface area contributed by atoms with Gasteiger partial charge in [-0.1, -0.05) is 45.4 Å². The first kappa shape index (κ1) is 17.1. The average Bonchev–Trinajstić information content (AvgIpc) is 2.26. The number of esters is 1. The number of unbranched alkanes of at least 4 members (excludes halogenated alkanes) is 5. The number of carbonyl (C=O) groups excluding carboxylic acids is 2. The molecule has 3 heteroatoms. The van der Waals surface area contributed by atoms with Crippen LogP contribution in [0.25, 0.3) is 0 Å². The molecular weight excluding hydrogens is 228 g/mol. The topological polar surface area (TPSA) is 43.4 Å². The van der Waals surface area contributed by atoms with Crippen LogP contribution in [0.4, 0.5) is 0 Å². The quantitative estimate of drug-likeness (QED) is 0.338. The van der Waals surface area contributed by atoms with Crippen LogP contribution in [0.15, 0.2) is 0 Å². The zero-order valence-electron chi connectivity index (χ0n) is 12.3. The van der Waals surface area contributed by atoms with Crippen LogP contribution < -0.4 is 0 Å². The normalized spacial score (nSPS) is 12.5. The van der Waals surface area contributed by atoms with Crippen LogP contribution >= 0.6 is 0 Å². The van der Waals surface area contributed by atoms with Crippen molar-refractivity contribution in [1.29, 1.82) is 0 Å². The maximum atomic E-state index is 11.7. The average molecular weight is 256 g/mol. The van der Waals surface area contributed by atoms with Gasteiger partial charge in [-0.2, -0.15) is 0 Å². The molecule has 3 nitrogen and oxygen atoms in total. The number of ketones is 1. The van der Waals surface area contributed by atoms with Gasteiger partial charge in [-0.25, -0.2) is 0 Å². The van der Waals surface area contributed by atoms with Crippen molar-refractivity contribution in [3.63, 3.8) is 0 Å². The van der Waals surface area contributed by atoms with Gasteiger partial charge in [0, 0.05) is 0 Å². The van der Waals surface area contributed by atoms with E-state index in [1.165, 1.54) is 32.6 Å². The molecule has 0 rings (SSSR count). The van der Waals surface area contributed by atoms with Gasteiger partial charge < -0.3 is 4.74 Å². The summed E-state index contributed by atoms with van der Waals surface area (Å²) in [6.45, 7) is 7.27. The zero-order chi connectivity index (χ0) is 14.0. The van der Waals surface area contributed by atoms with Crippen molar-refractivity contribution < 1.29 is 14.3 Å². The lowest BCUT2D eigenvalue weighted by Gasteiger charge is -2.15. The number of Topliss-reactive ketones (excluding diaryl/α,β-unsaturated/α-hetero) is 1. The molecule has 0 N–H and O–H groups in total. The first-order valence-corrected chi connectivity index (χ1v) is 7.20. The fourth-order valence-corrected chi connectivity index (χ4v) is 1.93. The summed E-state index contributed by atoms with van der Waals surface area (Å²) < 4.78 is 5.11. The van der Waals surface area contributed by atoms with E-state index in [1.54, 1.807) is 13.8 Å². The van der Waals surface area contributed by atoms with Gasteiger partial charge in [0.25, 0.3) is 0 Å². The summed E-state index contributed by atoms with van der Waals surface area (Å²) in [5.74, 6) is -0.987. The Morgan fingerprint density at radius 2 is 1.56 bits per heavy atom. The van der Waals surface area contributed by atoms with Crippen molar-refractivity contribution in [1.82, 2.24) is 0 Å². The van der Waals surface area contributed by atoms with Crippen molar-refractivity contribution >= 4 is 11.8 Å². The number of carbonyl (C=O) groups is 2. The van der Waals surface area contributed by atoms with E-state index >= 15 is 0 Å². The summed E-state index contributed by atoms with van der Waals surface area (Å²) in [6, 6.07) is 0. The lowest BCUT2D eigenvalue weighted by atomic mass is 9.97. The fourth-order valence-electron chi connectivity index (χ4n) is 1.93. The molecule has 0 fully saturated rings. The van der Waals surface area contributed by atoms with Crippen LogP contribution in [0.3, 0.4) is 0 Å². The largest absolute Gasteiger partial charge is 0.462 e. The minimum Gasteiger partial charge on any atom is -0.462 e. The van der Waals surface area contributed by atoms with E-state index in [4.69, 9.17) is 4.74 Å². The molecule has 1 atom stereocenters. The molecular formula is C15H28O3. The van der Waals surface area contributed by atoms with Crippen LogP contribution in [-0.4, -0.2) is 17.9 Å². The molecule has 0 radical (unpaired) electrons. The molecule has 18 heavy (non-hydrogen) atoms. The van der Waals surface area contributed by atoms with Gasteiger partial charge in [0.1, 0.15) is 11.7 Å². The van der Waals surface area contributed by atoms with Gasteiger partial charge in [-0.15, -0.1) is 0 Å². The third-order valence-corrected chi connectivity index (χ3v) is 2.97. The highest BCUT2D eigenvalue weighted by Gasteiger charge is 2.24. The molecule has 0 aliphatic carbocycles. The van der Waals surface area contributed by atoms with Crippen LogP contribution in [0.1, 0.15) is 72.6 Å². The Morgan fingerprint density at radius 3 is 2.06 bits per heavy atom. The summed E-state index contributed by atoms with van der Waals surface area (Å²) in [4.78, 5) is 23.2. The van der Waals surface area contributed by atoms with E-state index in [9.17, 15) is 9.59 Å². The van der Waals surface area contributed by atoms with E-state index in [0.29, 0.717) is 6.42 Å². The Kier molecular flexibility index (Phi) is 9.62. The van der Waals surface area contributed by atoms with E-state index in [0.717, 1.165) is 12.8 Å². The Morgan fingerprint density at radius 1 is 1.00 bits per heavy atom. The van der Waals surface area contributed by atoms with Crippen molar-refractivity contribution in [2.45, 2.75) is 78.7 Å². The van der Waals surface area contributed by atoms with Gasteiger partial charge in [-0.05, 0) is 27.2 Å².